The highest BCUT2D eigenvalue weighted by Crippen LogP contribution is 2.33. The number of nitrogens with zero attached hydrogens (tertiary/aromatic N) is 2. The van der Waals surface area contributed by atoms with Crippen LogP contribution in [-0.2, 0) is 22.7 Å². The summed E-state index contributed by atoms with van der Waals surface area (Å²) >= 11 is 1.16. The maximum Gasteiger partial charge on any atom is 0.343 e. The Balaban J connectivity index is 1.85. The van der Waals surface area contributed by atoms with Crippen molar-refractivity contribution in [2.75, 3.05) is 19.2 Å². The maximum atomic E-state index is 12.4. The van der Waals surface area contributed by atoms with Crippen LogP contribution in [0.25, 0.3) is 0 Å². The topological polar surface area (TPSA) is 113 Å². The van der Waals surface area contributed by atoms with Gasteiger partial charge in [-0.3, -0.25) is 10.1 Å². The third-order valence-corrected chi connectivity index (χ3v) is 4.59. The van der Waals surface area contributed by atoms with Crippen LogP contribution < -0.4 is 10.1 Å². The van der Waals surface area contributed by atoms with E-state index in [1.54, 1.807) is 14.0 Å². The average molecular weight is 365 g/mol. The molecule has 0 saturated carbocycles. The minimum absolute atomic E-state index is 0.0449. The summed E-state index contributed by atoms with van der Waals surface area (Å²) in [5, 5.41) is 14.6. The lowest BCUT2D eigenvalue weighted by Crippen LogP contribution is -2.15. The van der Waals surface area contributed by atoms with Crippen molar-refractivity contribution < 1.29 is 23.9 Å². The lowest BCUT2D eigenvalue weighted by atomic mass is 10.1. The molecule has 1 aliphatic heterocycles. The Hall–Kier alpha value is -2.72. The molecule has 25 heavy (non-hydrogen) atoms. The van der Waals surface area contributed by atoms with Crippen LogP contribution in [0.5, 0.6) is 5.75 Å². The van der Waals surface area contributed by atoms with Gasteiger partial charge in [-0.1, -0.05) is 0 Å². The van der Waals surface area contributed by atoms with Crippen molar-refractivity contribution in [1.82, 2.24) is 4.37 Å². The summed E-state index contributed by atoms with van der Waals surface area (Å²) in [4.78, 5) is 23.0. The molecule has 1 aromatic carbocycles. The molecule has 0 unspecified atom stereocenters. The maximum absolute atomic E-state index is 12.4. The number of hydrogen-bond acceptors (Lipinski definition) is 9. The van der Waals surface area contributed by atoms with E-state index in [4.69, 9.17) is 14.2 Å². The van der Waals surface area contributed by atoms with E-state index < -0.39 is 10.9 Å². The molecule has 0 atom stereocenters. The highest BCUT2D eigenvalue weighted by Gasteiger charge is 2.24. The van der Waals surface area contributed by atoms with Crippen molar-refractivity contribution >= 4 is 28.2 Å². The first-order chi connectivity index (χ1) is 12.0. The monoisotopic (exact) mass is 365 g/mol. The minimum Gasteiger partial charge on any atom is -0.467 e. The van der Waals surface area contributed by atoms with E-state index in [0.29, 0.717) is 33.1 Å². The van der Waals surface area contributed by atoms with Gasteiger partial charge in [-0.25, -0.2) is 4.79 Å². The number of nitrogens with one attached hydrogen (secondary N) is 1. The Labute approximate surface area is 146 Å². The number of anilines is 1. The number of carbonyl (C=O) groups excluding carboxylic acids is 1. The molecule has 9 nitrogen and oxygen atoms in total. The number of esters is 1. The molecule has 0 bridgehead atoms. The number of fused-ring (bicyclic) bond motifs is 1. The van der Waals surface area contributed by atoms with Gasteiger partial charge < -0.3 is 19.5 Å². The number of benzene rings is 1. The van der Waals surface area contributed by atoms with Crippen LogP contribution in [0.4, 0.5) is 10.7 Å². The van der Waals surface area contributed by atoms with Crippen LogP contribution in [0.3, 0.4) is 0 Å². The molecule has 0 saturated heterocycles. The van der Waals surface area contributed by atoms with E-state index in [2.05, 4.69) is 9.69 Å². The Morgan fingerprint density at radius 1 is 1.52 bits per heavy atom. The van der Waals surface area contributed by atoms with Gasteiger partial charge in [0.1, 0.15) is 22.9 Å². The first-order valence-corrected chi connectivity index (χ1v) is 8.10. The van der Waals surface area contributed by atoms with Crippen LogP contribution in [0, 0.1) is 17.0 Å². The number of non-ortho nitro benzene ring substituents is 1. The van der Waals surface area contributed by atoms with Crippen LogP contribution >= 0.6 is 11.5 Å². The van der Waals surface area contributed by atoms with Crippen molar-refractivity contribution in [2.24, 2.45) is 0 Å². The summed E-state index contributed by atoms with van der Waals surface area (Å²) < 4.78 is 20.0. The average Bonchev–Trinajstić information content (AvgIpc) is 2.99. The number of ether oxygens (including phenoxy) is 3. The highest BCUT2D eigenvalue weighted by atomic mass is 32.1. The third-order valence-electron chi connectivity index (χ3n) is 3.64. The molecule has 1 aromatic heterocycles. The summed E-state index contributed by atoms with van der Waals surface area (Å²) in [6, 6.07) is 2.74. The fraction of sp³-hybridized carbons (Fsp3) is 0.333. The molecule has 132 valence electrons. The normalized spacial score (nSPS) is 12.9. The smallest absolute Gasteiger partial charge is 0.343 e. The molecule has 10 heteroatoms. The largest absolute Gasteiger partial charge is 0.467 e. The fourth-order valence-corrected chi connectivity index (χ4v) is 3.22. The highest BCUT2D eigenvalue weighted by molar-refractivity contribution is 7.10. The van der Waals surface area contributed by atoms with Crippen molar-refractivity contribution in [1.29, 1.82) is 0 Å². The summed E-state index contributed by atoms with van der Waals surface area (Å²) in [6.45, 7) is 1.81. The number of nitro groups is 1. The van der Waals surface area contributed by atoms with Gasteiger partial charge in [0.15, 0.2) is 6.79 Å². The van der Waals surface area contributed by atoms with E-state index in [1.807, 2.05) is 0 Å². The standard InChI is InChI=1S/C15H15N3O6S/c1-8-12(14(16-2)25-17-8)15(19)23-6-10-4-11(18(20)21)3-9-5-22-7-24-13(9)10/h3-4,16H,5-7H2,1-2H3. The molecular weight excluding hydrogens is 350 g/mol. The predicted molar refractivity (Wildman–Crippen MR) is 88.9 cm³/mol. The second-order valence-electron chi connectivity index (χ2n) is 5.26. The zero-order valence-corrected chi connectivity index (χ0v) is 14.3. The molecule has 0 fully saturated rings. The van der Waals surface area contributed by atoms with Crippen molar-refractivity contribution in [3.05, 3.63) is 44.6 Å². The van der Waals surface area contributed by atoms with Gasteiger partial charge in [0.25, 0.3) is 5.69 Å². The number of aryl methyl sites for hydroxylation is 1. The van der Waals surface area contributed by atoms with Gasteiger partial charge in [-0.15, -0.1) is 0 Å². The minimum atomic E-state index is -0.553. The molecule has 1 aliphatic rings. The molecule has 0 radical (unpaired) electrons. The fourth-order valence-electron chi connectivity index (χ4n) is 2.49. The quantitative estimate of drug-likeness (QED) is 0.489. The molecule has 2 heterocycles. The predicted octanol–water partition coefficient (Wildman–Crippen LogP) is 2.62. The molecule has 2 aromatic rings. The third kappa shape index (κ3) is 3.39. The first-order valence-electron chi connectivity index (χ1n) is 7.33. The Bertz CT molecular complexity index is 835. The Morgan fingerprint density at radius 3 is 3.04 bits per heavy atom. The van der Waals surface area contributed by atoms with E-state index in [9.17, 15) is 14.9 Å². The summed E-state index contributed by atoms with van der Waals surface area (Å²) in [5.74, 6) is -0.0958. The number of hydrogen-bond donors (Lipinski definition) is 1. The van der Waals surface area contributed by atoms with Crippen LogP contribution in [0.1, 0.15) is 27.2 Å². The van der Waals surface area contributed by atoms with Gasteiger partial charge in [0, 0.05) is 30.3 Å². The van der Waals surface area contributed by atoms with Crippen molar-refractivity contribution in [2.45, 2.75) is 20.1 Å². The molecule has 0 amide bonds. The van der Waals surface area contributed by atoms with Crippen molar-refractivity contribution in [3.63, 3.8) is 0 Å². The van der Waals surface area contributed by atoms with E-state index in [1.165, 1.54) is 12.1 Å². The van der Waals surface area contributed by atoms with Crippen LogP contribution in [0.15, 0.2) is 12.1 Å². The van der Waals surface area contributed by atoms with Gasteiger partial charge >= 0.3 is 5.97 Å². The first kappa shape index (κ1) is 17.1. The number of nitro benzene ring substituents is 1. The number of rotatable bonds is 5. The second-order valence-corrected chi connectivity index (χ2v) is 6.03. The van der Waals surface area contributed by atoms with Crippen molar-refractivity contribution in [3.8, 4) is 5.75 Å². The summed E-state index contributed by atoms with van der Waals surface area (Å²) in [5.41, 5.74) is 1.79. The SMILES string of the molecule is CNc1snc(C)c1C(=O)OCc1cc([N+](=O)[O-])cc2c1OCOC2. The number of aromatic nitrogens is 1. The van der Waals surface area contributed by atoms with Gasteiger partial charge in [-0.2, -0.15) is 4.37 Å². The molecular formula is C15H15N3O6S. The number of carbonyl (C=O) groups is 1. The summed E-state index contributed by atoms with van der Waals surface area (Å²) in [7, 11) is 1.69. The molecule has 3 rings (SSSR count). The van der Waals surface area contributed by atoms with E-state index in [0.717, 1.165) is 11.5 Å². The second kappa shape index (κ2) is 7.03. The van der Waals surface area contributed by atoms with Gasteiger partial charge in [0.2, 0.25) is 0 Å². The Morgan fingerprint density at radius 2 is 2.32 bits per heavy atom. The van der Waals surface area contributed by atoms with Crippen LogP contribution in [-0.4, -0.2) is 29.1 Å². The van der Waals surface area contributed by atoms with Gasteiger partial charge in [0.05, 0.1) is 17.2 Å². The lowest BCUT2D eigenvalue weighted by Gasteiger charge is -2.20. The van der Waals surface area contributed by atoms with Gasteiger partial charge in [-0.05, 0) is 18.5 Å². The zero-order valence-electron chi connectivity index (χ0n) is 13.5. The summed E-state index contributed by atoms with van der Waals surface area (Å²) in [6.07, 6.45) is 0. The molecule has 0 aliphatic carbocycles. The van der Waals surface area contributed by atoms with Crippen LogP contribution in [0.2, 0.25) is 0 Å². The molecule has 1 N–H and O–H groups in total. The van der Waals surface area contributed by atoms with E-state index >= 15 is 0 Å². The molecule has 0 spiro atoms. The lowest BCUT2D eigenvalue weighted by molar-refractivity contribution is -0.385. The Kier molecular flexibility index (Phi) is 4.81. The van der Waals surface area contributed by atoms with E-state index in [-0.39, 0.29) is 25.7 Å². The zero-order chi connectivity index (χ0) is 18.0.